The van der Waals surface area contributed by atoms with Gasteiger partial charge < -0.3 is 5.32 Å². The minimum atomic E-state index is -0.269. The number of aryl methyl sites for hydroxylation is 1. The number of nitrogens with one attached hydrogen (secondary N) is 1. The number of anilines is 1. The quantitative estimate of drug-likeness (QED) is 0.577. The van der Waals surface area contributed by atoms with E-state index < -0.39 is 0 Å². The molecule has 152 valence electrons. The Morgan fingerprint density at radius 1 is 1.14 bits per heavy atom. The zero-order valence-electron chi connectivity index (χ0n) is 17.6. The van der Waals surface area contributed by atoms with Crippen molar-refractivity contribution in [2.75, 3.05) is 18.6 Å². The monoisotopic (exact) mass is 408 g/mol. The molecule has 1 aromatic heterocycles. The molecule has 6 heteroatoms. The lowest BCUT2D eigenvalue weighted by molar-refractivity contribution is -0.120. The second-order valence-corrected chi connectivity index (χ2v) is 8.09. The molecule has 1 heterocycles. The Balaban J connectivity index is 1.69. The molecule has 0 radical (unpaired) electrons. The molecule has 2 aromatic carbocycles. The number of hydrogen-bond acceptors (Lipinski definition) is 4. The summed E-state index contributed by atoms with van der Waals surface area (Å²) in [5, 5.41) is 7.72. The van der Waals surface area contributed by atoms with Crippen molar-refractivity contribution in [1.82, 2.24) is 14.7 Å². The van der Waals surface area contributed by atoms with E-state index in [4.69, 9.17) is 5.10 Å². The molecule has 0 aliphatic rings. The summed E-state index contributed by atoms with van der Waals surface area (Å²) in [7, 11) is 1.97. The third kappa shape index (κ3) is 4.89. The number of carbonyl (C=O) groups is 1. The highest BCUT2D eigenvalue weighted by atomic mass is 32.2. The van der Waals surface area contributed by atoms with Crippen molar-refractivity contribution in [3.05, 3.63) is 71.5 Å². The lowest BCUT2D eigenvalue weighted by Gasteiger charge is -2.24. The van der Waals surface area contributed by atoms with Gasteiger partial charge in [-0.3, -0.25) is 9.69 Å². The summed E-state index contributed by atoms with van der Waals surface area (Å²) in [5.74, 6) is -0.0184. The van der Waals surface area contributed by atoms with Crippen molar-refractivity contribution in [2.45, 2.75) is 38.3 Å². The van der Waals surface area contributed by atoms with Crippen LogP contribution in [0.5, 0.6) is 0 Å². The van der Waals surface area contributed by atoms with Gasteiger partial charge in [-0.15, -0.1) is 11.8 Å². The lowest BCUT2D eigenvalue weighted by Crippen LogP contribution is -2.39. The van der Waals surface area contributed by atoms with Crippen molar-refractivity contribution < 1.29 is 4.79 Å². The van der Waals surface area contributed by atoms with Crippen LogP contribution in [0.4, 0.5) is 5.69 Å². The fraction of sp³-hybridized carbons (Fsp3) is 0.304. The average molecular weight is 409 g/mol. The van der Waals surface area contributed by atoms with Crippen LogP contribution in [0.15, 0.2) is 59.5 Å². The third-order valence-electron chi connectivity index (χ3n) is 5.25. The molecule has 0 saturated heterocycles. The zero-order chi connectivity index (χ0) is 21.0. The highest BCUT2D eigenvalue weighted by Crippen LogP contribution is 2.21. The molecule has 1 N–H and O–H groups in total. The number of thioether (sulfide) groups is 1. The van der Waals surface area contributed by atoms with Crippen LogP contribution in [0, 0.1) is 13.8 Å². The summed E-state index contributed by atoms with van der Waals surface area (Å²) in [6, 6.07) is 17.7. The Morgan fingerprint density at radius 3 is 2.41 bits per heavy atom. The Hall–Kier alpha value is -2.57. The summed E-state index contributed by atoms with van der Waals surface area (Å²) in [6.45, 7) is 6.68. The van der Waals surface area contributed by atoms with Gasteiger partial charge in [-0.25, -0.2) is 4.68 Å². The van der Waals surface area contributed by atoms with Crippen LogP contribution in [0.2, 0.25) is 0 Å². The summed E-state index contributed by atoms with van der Waals surface area (Å²) < 4.78 is 1.97. The van der Waals surface area contributed by atoms with Crippen molar-refractivity contribution in [3.63, 3.8) is 0 Å². The third-order valence-corrected chi connectivity index (χ3v) is 5.99. The summed E-state index contributed by atoms with van der Waals surface area (Å²) >= 11 is 1.68. The predicted octanol–water partition coefficient (Wildman–Crippen LogP) is 4.67. The molecule has 1 unspecified atom stereocenters. The molecule has 0 aliphatic heterocycles. The molecular weight excluding hydrogens is 380 g/mol. The first-order chi connectivity index (χ1) is 13.9. The smallest absolute Gasteiger partial charge is 0.241 e. The second kappa shape index (κ2) is 9.29. The number of amides is 1. The van der Waals surface area contributed by atoms with Gasteiger partial charge in [-0.2, -0.15) is 5.10 Å². The first-order valence-corrected chi connectivity index (χ1v) is 10.9. The van der Waals surface area contributed by atoms with E-state index in [2.05, 4.69) is 17.1 Å². The van der Waals surface area contributed by atoms with Gasteiger partial charge in [0, 0.05) is 28.4 Å². The maximum atomic E-state index is 12.7. The van der Waals surface area contributed by atoms with E-state index in [0.29, 0.717) is 6.54 Å². The normalized spacial score (nSPS) is 12.2. The highest BCUT2D eigenvalue weighted by Gasteiger charge is 2.21. The van der Waals surface area contributed by atoms with Crippen LogP contribution in [-0.4, -0.2) is 39.9 Å². The van der Waals surface area contributed by atoms with Gasteiger partial charge in [0.25, 0.3) is 0 Å². The number of nitrogens with zero attached hydrogens (tertiary/aromatic N) is 3. The van der Waals surface area contributed by atoms with E-state index in [9.17, 15) is 4.79 Å². The van der Waals surface area contributed by atoms with E-state index in [0.717, 1.165) is 28.3 Å². The molecule has 29 heavy (non-hydrogen) atoms. The molecule has 0 saturated carbocycles. The van der Waals surface area contributed by atoms with Gasteiger partial charge in [0.1, 0.15) is 0 Å². The van der Waals surface area contributed by atoms with Crippen LogP contribution >= 0.6 is 11.8 Å². The van der Waals surface area contributed by atoms with Crippen molar-refractivity contribution in [2.24, 2.45) is 0 Å². The number of carbonyl (C=O) groups excluding carboxylic acids is 1. The van der Waals surface area contributed by atoms with Crippen LogP contribution < -0.4 is 5.32 Å². The Bertz CT molecular complexity index is 967. The summed E-state index contributed by atoms with van der Waals surface area (Å²) in [4.78, 5) is 15.9. The fourth-order valence-electron chi connectivity index (χ4n) is 3.23. The standard InChI is InChI=1S/C23H28N4OS/c1-16-22(17(2)27(25-16)20-9-7-6-8-10-20)15-26(4)18(3)23(28)24-19-11-13-21(29-5)14-12-19/h6-14,18H,15H2,1-5H3,(H,24,28). The maximum absolute atomic E-state index is 12.7. The van der Waals surface area contributed by atoms with Crippen LogP contribution in [0.25, 0.3) is 5.69 Å². The van der Waals surface area contributed by atoms with Crippen molar-refractivity contribution in [3.8, 4) is 5.69 Å². The van der Waals surface area contributed by atoms with Gasteiger partial charge in [0.05, 0.1) is 17.4 Å². The molecule has 1 amide bonds. The first kappa shape index (κ1) is 21.1. The molecule has 0 aliphatic carbocycles. The number of para-hydroxylation sites is 1. The van der Waals surface area contributed by atoms with Crippen LogP contribution in [-0.2, 0) is 11.3 Å². The number of benzene rings is 2. The number of rotatable bonds is 7. The number of hydrogen-bond donors (Lipinski definition) is 1. The largest absolute Gasteiger partial charge is 0.325 e. The first-order valence-electron chi connectivity index (χ1n) is 9.66. The van der Waals surface area contributed by atoms with Crippen molar-refractivity contribution in [1.29, 1.82) is 0 Å². The summed E-state index contributed by atoms with van der Waals surface area (Å²) in [5.41, 5.74) is 5.10. The molecule has 1 atom stereocenters. The topological polar surface area (TPSA) is 50.2 Å². The SMILES string of the molecule is CSc1ccc(NC(=O)C(C)N(C)Cc2c(C)nn(-c3ccccc3)c2C)cc1. The zero-order valence-corrected chi connectivity index (χ0v) is 18.5. The van der Waals surface area contributed by atoms with Gasteiger partial charge in [0.2, 0.25) is 5.91 Å². The van der Waals surface area contributed by atoms with Crippen molar-refractivity contribution >= 4 is 23.4 Å². The Morgan fingerprint density at radius 2 is 1.79 bits per heavy atom. The van der Waals surface area contributed by atoms with Crippen LogP contribution in [0.3, 0.4) is 0 Å². The number of likely N-dealkylation sites (N-methyl/N-ethyl adjacent to an activating group) is 1. The molecule has 0 spiro atoms. The van der Waals surface area contributed by atoms with Crippen LogP contribution in [0.1, 0.15) is 23.9 Å². The lowest BCUT2D eigenvalue weighted by atomic mass is 10.1. The second-order valence-electron chi connectivity index (χ2n) is 7.21. The summed E-state index contributed by atoms with van der Waals surface area (Å²) in [6.07, 6.45) is 2.04. The predicted molar refractivity (Wildman–Crippen MR) is 121 cm³/mol. The molecule has 0 bridgehead atoms. The van der Waals surface area contributed by atoms with E-state index >= 15 is 0 Å². The molecular formula is C23H28N4OS. The maximum Gasteiger partial charge on any atom is 0.241 e. The molecule has 0 fully saturated rings. The van der Waals surface area contributed by atoms with Gasteiger partial charge in [0.15, 0.2) is 0 Å². The van der Waals surface area contributed by atoms with Gasteiger partial charge in [-0.05, 0) is 70.5 Å². The fourth-order valence-corrected chi connectivity index (χ4v) is 3.64. The van der Waals surface area contributed by atoms with E-state index in [1.807, 2.05) is 86.4 Å². The molecule has 3 rings (SSSR count). The van der Waals surface area contributed by atoms with E-state index in [1.54, 1.807) is 11.8 Å². The number of aromatic nitrogens is 2. The van der Waals surface area contributed by atoms with E-state index in [-0.39, 0.29) is 11.9 Å². The van der Waals surface area contributed by atoms with Gasteiger partial charge >= 0.3 is 0 Å². The molecule has 3 aromatic rings. The minimum absolute atomic E-state index is 0.0184. The molecule has 5 nitrogen and oxygen atoms in total. The highest BCUT2D eigenvalue weighted by molar-refractivity contribution is 7.98. The Labute approximate surface area is 177 Å². The van der Waals surface area contributed by atoms with E-state index in [1.165, 1.54) is 4.90 Å². The average Bonchev–Trinajstić information content (AvgIpc) is 3.02. The minimum Gasteiger partial charge on any atom is -0.325 e. The van der Waals surface area contributed by atoms with Gasteiger partial charge in [-0.1, -0.05) is 18.2 Å². The Kier molecular flexibility index (Phi) is 6.77.